The van der Waals surface area contributed by atoms with Crippen LogP contribution in [-0.4, -0.2) is 15.5 Å². The second kappa shape index (κ2) is 7.37. The highest BCUT2D eigenvalue weighted by Crippen LogP contribution is 2.15. The number of rotatable bonds is 4. The van der Waals surface area contributed by atoms with Crippen LogP contribution in [0.1, 0.15) is 15.9 Å². The highest BCUT2D eigenvalue weighted by atomic mass is 35.5. The molecule has 3 aromatic rings. The number of carbonyl (C=O) groups excluding carboxylic acids is 1. The van der Waals surface area contributed by atoms with Gasteiger partial charge in [0, 0.05) is 22.5 Å². The summed E-state index contributed by atoms with van der Waals surface area (Å²) in [4.78, 5) is 39.2. The third kappa shape index (κ3) is 3.73. The van der Waals surface area contributed by atoms with Gasteiger partial charge in [0.05, 0.1) is 6.54 Å². The van der Waals surface area contributed by atoms with E-state index in [1.54, 1.807) is 24.3 Å². The van der Waals surface area contributed by atoms with E-state index < -0.39 is 23.0 Å². The van der Waals surface area contributed by atoms with Crippen LogP contribution in [0.3, 0.4) is 0 Å². The van der Waals surface area contributed by atoms with Crippen molar-refractivity contribution < 1.29 is 9.18 Å². The molecule has 0 spiro atoms. The summed E-state index contributed by atoms with van der Waals surface area (Å²) < 4.78 is 14.6. The van der Waals surface area contributed by atoms with Gasteiger partial charge < -0.3 is 10.3 Å². The predicted octanol–water partition coefficient (Wildman–Crippen LogP) is 2.63. The molecular weight excluding hydrogens is 361 g/mol. The van der Waals surface area contributed by atoms with Crippen LogP contribution in [0.4, 0.5) is 10.1 Å². The van der Waals surface area contributed by atoms with Crippen LogP contribution in [0.15, 0.2) is 64.3 Å². The molecule has 0 aliphatic carbocycles. The Kier molecular flexibility index (Phi) is 4.99. The first-order valence-electron chi connectivity index (χ1n) is 7.58. The fraction of sp³-hybridized carbons (Fsp3) is 0.0556. The minimum Gasteiger partial charge on any atom is -0.322 e. The highest BCUT2D eigenvalue weighted by Gasteiger charge is 2.16. The molecule has 1 amide bonds. The molecule has 0 saturated heterocycles. The minimum absolute atomic E-state index is 0.160. The Morgan fingerprint density at radius 2 is 1.92 bits per heavy atom. The van der Waals surface area contributed by atoms with Gasteiger partial charge in [-0.2, -0.15) is 0 Å². The molecule has 0 aliphatic rings. The van der Waals surface area contributed by atoms with E-state index in [0.29, 0.717) is 10.7 Å². The van der Waals surface area contributed by atoms with E-state index in [9.17, 15) is 18.8 Å². The molecule has 2 N–H and O–H groups in total. The number of carbonyl (C=O) groups is 1. The van der Waals surface area contributed by atoms with Gasteiger partial charge in [0.25, 0.3) is 11.5 Å². The first-order valence-corrected chi connectivity index (χ1v) is 7.96. The normalized spacial score (nSPS) is 10.5. The number of hydrogen-bond acceptors (Lipinski definition) is 3. The zero-order valence-corrected chi connectivity index (χ0v) is 14.1. The van der Waals surface area contributed by atoms with Crippen LogP contribution in [0.25, 0.3) is 0 Å². The van der Waals surface area contributed by atoms with Gasteiger partial charge in [0.15, 0.2) is 0 Å². The number of benzene rings is 2. The maximum Gasteiger partial charge on any atom is 0.328 e. The summed E-state index contributed by atoms with van der Waals surface area (Å²) in [6.07, 6.45) is 1.03. The number of amides is 1. The summed E-state index contributed by atoms with van der Waals surface area (Å²) in [6, 6.07) is 12.2. The maximum absolute atomic E-state index is 13.8. The van der Waals surface area contributed by atoms with E-state index in [2.05, 4.69) is 10.3 Å². The molecule has 2 aromatic carbocycles. The van der Waals surface area contributed by atoms with Crippen LogP contribution in [-0.2, 0) is 6.54 Å². The largest absolute Gasteiger partial charge is 0.328 e. The fourth-order valence-corrected chi connectivity index (χ4v) is 2.57. The Morgan fingerprint density at radius 3 is 2.65 bits per heavy atom. The molecule has 26 heavy (non-hydrogen) atoms. The van der Waals surface area contributed by atoms with Crippen molar-refractivity contribution in [2.24, 2.45) is 0 Å². The van der Waals surface area contributed by atoms with Crippen molar-refractivity contribution in [3.05, 3.63) is 97.5 Å². The van der Waals surface area contributed by atoms with Gasteiger partial charge in [-0.25, -0.2) is 9.18 Å². The molecule has 0 unspecified atom stereocenters. The zero-order chi connectivity index (χ0) is 18.7. The van der Waals surface area contributed by atoms with Crippen molar-refractivity contribution >= 4 is 23.2 Å². The average molecular weight is 374 g/mol. The number of aromatic amines is 1. The molecule has 1 heterocycles. The van der Waals surface area contributed by atoms with Gasteiger partial charge in [0.2, 0.25) is 0 Å². The van der Waals surface area contributed by atoms with E-state index in [1.807, 2.05) is 0 Å². The van der Waals surface area contributed by atoms with E-state index in [1.165, 1.54) is 24.3 Å². The van der Waals surface area contributed by atoms with Crippen LogP contribution >= 0.6 is 11.6 Å². The second-order valence-electron chi connectivity index (χ2n) is 5.45. The van der Waals surface area contributed by atoms with Gasteiger partial charge in [-0.15, -0.1) is 0 Å². The van der Waals surface area contributed by atoms with Crippen molar-refractivity contribution in [2.75, 3.05) is 5.32 Å². The molecular formula is C18H13ClFN3O3. The number of anilines is 1. The molecule has 8 heteroatoms. The van der Waals surface area contributed by atoms with Crippen molar-refractivity contribution in [2.45, 2.75) is 6.54 Å². The van der Waals surface area contributed by atoms with Gasteiger partial charge in [0.1, 0.15) is 11.4 Å². The van der Waals surface area contributed by atoms with Crippen LogP contribution in [0, 0.1) is 5.82 Å². The minimum atomic E-state index is -0.823. The molecule has 0 aliphatic heterocycles. The average Bonchev–Trinajstić information content (AvgIpc) is 2.60. The molecule has 0 bridgehead atoms. The predicted molar refractivity (Wildman–Crippen MR) is 96.2 cm³/mol. The fourth-order valence-electron chi connectivity index (χ4n) is 2.38. The van der Waals surface area contributed by atoms with Gasteiger partial charge >= 0.3 is 5.69 Å². The molecule has 0 fully saturated rings. The maximum atomic E-state index is 13.8. The van der Waals surface area contributed by atoms with Crippen LogP contribution in [0.5, 0.6) is 0 Å². The summed E-state index contributed by atoms with van der Waals surface area (Å²) in [5.41, 5.74) is -1.28. The van der Waals surface area contributed by atoms with Crippen molar-refractivity contribution in [1.29, 1.82) is 0 Å². The Hall–Kier alpha value is -3.19. The Labute approximate surface area is 151 Å². The molecule has 0 radical (unpaired) electrons. The summed E-state index contributed by atoms with van der Waals surface area (Å²) in [5, 5.41) is 2.95. The van der Waals surface area contributed by atoms with Crippen molar-refractivity contribution in [3.63, 3.8) is 0 Å². The molecule has 1 aromatic heterocycles. The van der Waals surface area contributed by atoms with Crippen LogP contribution < -0.4 is 16.6 Å². The first kappa shape index (κ1) is 17.6. The monoisotopic (exact) mass is 373 g/mol. The number of H-pyrrole nitrogens is 1. The zero-order valence-electron chi connectivity index (χ0n) is 13.3. The van der Waals surface area contributed by atoms with E-state index in [0.717, 1.165) is 10.8 Å². The van der Waals surface area contributed by atoms with Gasteiger partial charge in [-0.1, -0.05) is 35.9 Å². The van der Waals surface area contributed by atoms with E-state index in [-0.39, 0.29) is 17.7 Å². The summed E-state index contributed by atoms with van der Waals surface area (Å²) in [7, 11) is 0. The summed E-state index contributed by atoms with van der Waals surface area (Å²) >= 11 is 5.86. The smallest absolute Gasteiger partial charge is 0.322 e. The third-order valence-electron chi connectivity index (χ3n) is 3.67. The van der Waals surface area contributed by atoms with E-state index >= 15 is 0 Å². The lowest BCUT2D eigenvalue weighted by Gasteiger charge is -2.09. The Bertz CT molecular complexity index is 1090. The number of nitrogens with one attached hydrogen (secondary N) is 2. The molecule has 0 atom stereocenters. The molecule has 6 nitrogen and oxygen atoms in total. The lowest BCUT2D eigenvalue weighted by atomic mass is 10.2. The molecule has 3 rings (SSSR count). The van der Waals surface area contributed by atoms with Crippen molar-refractivity contribution in [1.82, 2.24) is 9.55 Å². The lowest BCUT2D eigenvalue weighted by Crippen LogP contribution is -2.39. The quantitative estimate of drug-likeness (QED) is 0.737. The standard InChI is InChI=1S/C18H13ClFN3O3/c19-12-5-3-6-13(8-12)22-16(24)14-9-21-18(26)23(17(14)25)10-11-4-1-2-7-15(11)20/h1-9H,10H2,(H,21,26)(H,22,24). The van der Waals surface area contributed by atoms with Gasteiger partial charge in [-0.05, 0) is 24.3 Å². The lowest BCUT2D eigenvalue weighted by molar-refractivity contribution is 0.102. The SMILES string of the molecule is O=C(Nc1cccc(Cl)c1)c1c[nH]c(=O)n(Cc2ccccc2F)c1=O. The Morgan fingerprint density at radius 1 is 1.15 bits per heavy atom. The molecule has 132 valence electrons. The highest BCUT2D eigenvalue weighted by molar-refractivity contribution is 6.30. The number of nitrogens with zero attached hydrogens (tertiary/aromatic N) is 1. The van der Waals surface area contributed by atoms with Gasteiger partial charge in [-0.3, -0.25) is 14.2 Å². The first-order chi connectivity index (χ1) is 12.5. The Balaban J connectivity index is 1.94. The number of halogens is 2. The summed E-state index contributed by atoms with van der Waals surface area (Å²) in [5.74, 6) is -1.26. The second-order valence-corrected chi connectivity index (χ2v) is 5.89. The molecule has 0 saturated carbocycles. The van der Waals surface area contributed by atoms with Crippen molar-refractivity contribution in [3.8, 4) is 0 Å². The third-order valence-corrected chi connectivity index (χ3v) is 3.91. The van der Waals surface area contributed by atoms with Crippen LogP contribution in [0.2, 0.25) is 5.02 Å². The topological polar surface area (TPSA) is 84.0 Å². The number of hydrogen-bond donors (Lipinski definition) is 2. The summed E-state index contributed by atoms with van der Waals surface area (Å²) in [6.45, 7) is -0.293. The van der Waals surface area contributed by atoms with E-state index in [4.69, 9.17) is 11.6 Å². The number of aromatic nitrogens is 2.